The summed E-state index contributed by atoms with van der Waals surface area (Å²) in [4.78, 5) is 50.0. The lowest BCUT2D eigenvalue weighted by atomic mass is 10.1. The molecule has 0 bridgehead atoms. The van der Waals surface area contributed by atoms with Gasteiger partial charge in [-0.3, -0.25) is 0 Å². The van der Waals surface area contributed by atoms with E-state index in [0.29, 0.717) is 0 Å². The van der Waals surface area contributed by atoms with Crippen LogP contribution in [0.15, 0.2) is 132 Å². The molecule has 4 aromatic rings. The fraction of sp³-hybridized carbons (Fsp3) is 0.0588. The van der Waals surface area contributed by atoms with Crippen LogP contribution in [0.2, 0.25) is 0 Å². The molecule has 0 aliphatic rings. The van der Waals surface area contributed by atoms with E-state index >= 15 is 0 Å². The summed E-state index contributed by atoms with van der Waals surface area (Å²) >= 11 is 0. The Morgan fingerprint density at radius 2 is 0.822 bits per heavy atom. The van der Waals surface area contributed by atoms with Crippen LogP contribution in [0, 0.1) is 0 Å². The fourth-order valence-corrected chi connectivity index (χ4v) is 5.20. The van der Waals surface area contributed by atoms with Crippen LogP contribution < -0.4 is 9.47 Å². The van der Waals surface area contributed by atoms with Gasteiger partial charge in [0.25, 0.3) is 0 Å². The maximum atomic E-state index is 13.2. The second-order valence-corrected chi connectivity index (χ2v) is 11.0. The highest BCUT2D eigenvalue weighted by molar-refractivity contribution is 7.91. The molecule has 45 heavy (non-hydrogen) atoms. The minimum absolute atomic E-state index is 0.00732. The van der Waals surface area contributed by atoms with Crippen LogP contribution in [-0.2, 0) is 19.3 Å². The molecule has 11 heteroatoms. The zero-order valence-electron chi connectivity index (χ0n) is 23.7. The normalized spacial score (nSPS) is 10.7. The van der Waals surface area contributed by atoms with E-state index in [1.54, 1.807) is 24.3 Å². The van der Waals surface area contributed by atoms with Crippen molar-refractivity contribution in [3.05, 3.63) is 145 Å². The average Bonchev–Trinajstić information content (AvgIpc) is 3.06. The molecule has 0 fully saturated rings. The number of carbonyl (C=O) groups is 4. The number of esters is 4. The van der Waals surface area contributed by atoms with Gasteiger partial charge in [0.15, 0.2) is 0 Å². The topological polar surface area (TPSA) is 139 Å². The molecule has 228 valence electrons. The summed E-state index contributed by atoms with van der Waals surface area (Å²) in [5, 5.41) is 0. The van der Waals surface area contributed by atoms with Crippen LogP contribution in [-0.4, -0.2) is 45.5 Å². The first kappa shape index (κ1) is 32.1. The highest BCUT2D eigenvalue weighted by Gasteiger charge is 2.22. The first-order chi connectivity index (χ1) is 21.6. The predicted molar refractivity (Wildman–Crippen MR) is 162 cm³/mol. The van der Waals surface area contributed by atoms with E-state index in [4.69, 9.17) is 18.9 Å². The van der Waals surface area contributed by atoms with Gasteiger partial charge in [-0.2, -0.15) is 0 Å². The summed E-state index contributed by atoms with van der Waals surface area (Å²) in [5.74, 6) is -3.03. The second-order valence-electron chi connectivity index (χ2n) is 9.09. The molecule has 0 aliphatic heterocycles. The summed E-state index contributed by atoms with van der Waals surface area (Å²) in [7, 11) is -4.01. The van der Waals surface area contributed by atoms with E-state index < -0.39 is 33.7 Å². The van der Waals surface area contributed by atoms with Crippen LogP contribution in [0.4, 0.5) is 0 Å². The van der Waals surface area contributed by atoms with Gasteiger partial charge >= 0.3 is 23.9 Å². The van der Waals surface area contributed by atoms with Crippen molar-refractivity contribution in [1.29, 1.82) is 0 Å². The van der Waals surface area contributed by atoms with Gasteiger partial charge < -0.3 is 18.9 Å². The van der Waals surface area contributed by atoms with Crippen molar-refractivity contribution in [1.82, 2.24) is 0 Å². The third-order valence-corrected chi connectivity index (χ3v) is 7.87. The zero-order valence-corrected chi connectivity index (χ0v) is 24.5. The summed E-state index contributed by atoms with van der Waals surface area (Å²) < 4.78 is 47.2. The fourth-order valence-electron chi connectivity index (χ4n) is 3.94. The molecule has 4 aromatic carbocycles. The SMILES string of the molecule is C=CCOC(=O)c1ccccc1C(=O)Oc1ccc(S(=O)(=O)c2ccc(OC(=O)c3ccccc3C(=O)OCC=C)cc2)cc1. The number of ether oxygens (including phenoxy) is 4. The van der Waals surface area contributed by atoms with E-state index in [2.05, 4.69) is 13.2 Å². The van der Waals surface area contributed by atoms with Gasteiger partial charge in [0.2, 0.25) is 9.84 Å². The summed E-state index contributed by atoms with van der Waals surface area (Å²) in [6, 6.07) is 22.2. The Kier molecular flexibility index (Phi) is 10.4. The summed E-state index contributed by atoms with van der Waals surface area (Å²) in [5.41, 5.74) is -0.0406. The van der Waals surface area contributed by atoms with Gasteiger partial charge in [-0.05, 0) is 72.8 Å². The first-order valence-electron chi connectivity index (χ1n) is 13.3. The Hall–Kier alpha value is -5.81. The molecule has 0 spiro atoms. The molecule has 0 heterocycles. The van der Waals surface area contributed by atoms with Crippen molar-refractivity contribution in [3.63, 3.8) is 0 Å². The smallest absolute Gasteiger partial charge is 0.344 e. The molecule has 0 saturated heterocycles. The Morgan fingerprint density at radius 3 is 1.13 bits per heavy atom. The Bertz CT molecular complexity index is 1730. The third kappa shape index (κ3) is 7.78. The maximum absolute atomic E-state index is 13.2. The molecule has 0 saturated carbocycles. The molecule has 10 nitrogen and oxygen atoms in total. The van der Waals surface area contributed by atoms with Crippen LogP contribution >= 0.6 is 0 Å². The maximum Gasteiger partial charge on any atom is 0.344 e. The van der Waals surface area contributed by atoms with Gasteiger partial charge in [-0.1, -0.05) is 49.6 Å². The largest absolute Gasteiger partial charge is 0.458 e. The number of benzene rings is 4. The lowest BCUT2D eigenvalue weighted by Crippen LogP contribution is -2.16. The monoisotopic (exact) mass is 626 g/mol. The molecular weight excluding hydrogens is 600 g/mol. The molecule has 0 aliphatic carbocycles. The highest BCUT2D eigenvalue weighted by atomic mass is 32.2. The van der Waals surface area contributed by atoms with Crippen LogP contribution in [0.1, 0.15) is 41.4 Å². The predicted octanol–water partition coefficient (Wildman–Crippen LogP) is 5.64. The summed E-state index contributed by atoms with van der Waals surface area (Å²) in [6.45, 7) is 6.89. The lowest BCUT2D eigenvalue weighted by molar-refractivity contribution is 0.0534. The number of hydrogen-bond acceptors (Lipinski definition) is 10. The van der Waals surface area contributed by atoms with E-state index in [1.165, 1.54) is 84.9 Å². The Labute approximate surface area is 259 Å². The molecular formula is C34H26O10S. The quantitative estimate of drug-likeness (QED) is 0.110. The molecule has 0 N–H and O–H groups in total. The minimum atomic E-state index is -4.01. The number of carbonyl (C=O) groups excluding carboxylic acids is 4. The molecule has 0 unspecified atom stereocenters. The van der Waals surface area contributed by atoms with Crippen molar-refractivity contribution in [2.24, 2.45) is 0 Å². The molecule has 0 aromatic heterocycles. The van der Waals surface area contributed by atoms with E-state index in [9.17, 15) is 27.6 Å². The van der Waals surface area contributed by atoms with E-state index in [-0.39, 0.29) is 56.8 Å². The van der Waals surface area contributed by atoms with Gasteiger partial charge in [0, 0.05) is 0 Å². The molecule has 4 rings (SSSR count). The summed E-state index contributed by atoms with van der Waals surface area (Å²) in [6.07, 6.45) is 2.79. The minimum Gasteiger partial charge on any atom is -0.458 e. The number of hydrogen-bond donors (Lipinski definition) is 0. The third-order valence-electron chi connectivity index (χ3n) is 6.09. The number of sulfone groups is 1. The van der Waals surface area contributed by atoms with Crippen LogP contribution in [0.3, 0.4) is 0 Å². The second kappa shape index (κ2) is 14.6. The molecule has 0 radical (unpaired) electrons. The van der Waals surface area contributed by atoms with Crippen molar-refractivity contribution in [3.8, 4) is 11.5 Å². The highest BCUT2D eigenvalue weighted by Crippen LogP contribution is 2.26. The van der Waals surface area contributed by atoms with E-state index in [1.807, 2.05) is 0 Å². The molecule has 0 amide bonds. The van der Waals surface area contributed by atoms with Gasteiger partial charge in [0.1, 0.15) is 24.7 Å². The van der Waals surface area contributed by atoms with E-state index in [0.717, 1.165) is 0 Å². The Balaban J connectivity index is 1.44. The van der Waals surface area contributed by atoms with Crippen molar-refractivity contribution in [2.75, 3.05) is 13.2 Å². The zero-order chi connectivity index (χ0) is 32.4. The van der Waals surface area contributed by atoms with Gasteiger partial charge in [-0.25, -0.2) is 27.6 Å². The first-order valence-corrected chi connectivity index (χ1v) is 14.8. The van der Waals surface area contributed by atoms with Gasteiger partial charge in [-0.15, -0.1) is 0 Å². The van der Waals surface area contributed by atoms with Crippen molar-refractivity contribution in [2.45, 2.75) is 9.79 Å². The lowest BCUT2D eigenvalue weighted by Gasteiger charge is -2.10. The van der Waals surface area contributed by atoms with Crippen molar-refractivity contribution >= 4 is 33.7 Å². The van der Waals surface area contributed by atoms with Gasteiger partial charge in [0.05, 0.1) is 32.0 Å². The number of rotatable bonds is 12. The van der Waals surface area contributed by atoms with Crippen molar-refractivity contribution < 1.29 is 46.5 Å². The molecule has 0 atom stereocenters. The average molecular weight is 627 g/mol. The van der Waals surface area contributed by atoms with Crippen LogP contribution in [0.25, 0.3) is 0 Å². The Morgan fingerprint density at radius 1 is 0.511 bits per heavy atom. The van der Waals surface area contributed by atoms with Crippen LogP contribution in [0.5, 0.6) is 11.5 Å². The standard InChI is InChI=1S/C34H26O10S/c1-3-21-41-31(35)27-9-5-7-11-29(27)33(37)43-23-13-17-25(18-14-23)45(39,40)26-19-15-24(16-20-26)44-34(38)30-12-8-6-10-28(30)32(36)42-22-4-2/h3-20H,1-2,21-22H2.